The van der Waals surface area contributed by atoms with Crippen LogP contribution in [-0.2, 0) is 13.1 Å². The van der Waals surface area contributed by atoms with Crippen molar-refractivity contribution in [3.8, 4) is 22.8 Å². The Balaban J connectivity index is 1.41. The van der Waals surface area contributed by atoms with Gasteiger partial charge in [-0.3, -0.25) is 0 Å². The van der Waals surface area contributed by atoms with Gasteiger partial charge in [0.25, 0.3) is 0 Å². The lowest BCUT2D eigenvalue weighted by Crippen LogP contribution is -2.53. The Morgan fingerprint density at radius 3 is 2.06 bits per heavy atom. The van der Waals surface area contributed by atoms with Gasteiger partial charge in [-0.25, -0.2) is 18.6 Å². The Labute approximate surface area is 281 Å². The molecule has 1 fully saturated rings. The average Bonchev–Trinajstić information content (AvgIpc) is 3.08. The normalized spacial score (nSPS) is 14.6. The lowest BCUT2D eigenvalue weighted by Gasteiger charge is -2.39. The number of hydrogen-bond acceptors (Lipinski definition) is 8. The summed E-state index contributed by atoms with van der Waals surface area (Å²) in [5.74, 6) is -0.102. The maximum atomic E-state index is 16.4. The maximum Gasteiger partial charge on any atom is 0.407 e. The molecule has 1 atom stereocenters. The van der Waals surface area contributed by atoms with Gasteiger partial charge >= 0.3 is 12.2 Å². The molecule has 1 aliphatic heterocycles. The number of benzene rings is 3. The van der Waals surface area contributed by atoms with Crippen LogP contribution >= 0.6 is 0 Å². The van der Waals surface area contributed by atoms with Crippen LogP contribution in [0.25, 0.3) is 22.2 Å². The Bertz CT molecular complexity index is 1950. The van der Waals surface area contributed by atoms with E-state index in [1.165, 1.54) is 4.90 Å². The summed E-state index contributed by atoms with van der Waals surface area (Å²) < 4.78 is 58.0. The van der Waals surface area contributed by atoms with Gasteiger partial charge in [-0.15, -0.1) is 0 Å². The van der Waals surface area contributed by atoms with Crippen molar-refractivity contribution in [2.24, 2.45) is 0 Å². The molecule has 5 aromatic rings. The number of ether oxygens (including phenoxy) is 2. The fourth-order valence-corrected chi connectivity index (χ4v) is 6.11. The molecule has 1 saturated heterocycles. The monoisotopic (exact) mass is 672 g/mol. The third kappa shape index (κ3) is 7.01. The predicted molar refractivity (Wildman–Crippen MR) is 180 cm³/mol. The first-order valence-electron chi connectivity index (χ1n) is 15.6. The molecular weight excluding hydrogens is 637 g/mol. The topological polar surface area (TPSA) is 104 Å². The minimum Gasteiger partial charge on any atom is -0.497 e. The molecule has 1 aliphatic rings. The SMILES string of the molecule is COc1ccc(CN(Cc2ccc(OC)cc2)c2cc(C)cc(-c3c(F)cc4c(N5CCN(C(=O)O)CC5C)nc(F)nc4c3F)n2)cc1. The largest absolute Gasteiger partial charge is 0.497 e. The van der Waals surface area contributed by atoms with Crippen molar-refractivity contribution < 1.29 is 32.5 Å². The fraction of sp³-hybridized carbons (Fsp3) is 0.278. The summed E-state index contributed by atoms with van der Waals surface area (Å²) in [5, 5.41) is 9.38. The summed E-state index contributed by atoms with van der Waals surface area (Å²) in [4.78, 5) is 28.7. The summed E-state index contributed by atoms with van der Waals surface area (Å²) >= 11 is 0. The molecule has 13 heteroatoms. The van der Waals surface area contributed by atoms with E-state index in [9.17, 15) is 14.3 Å². The van der Waals surface area contributed by atoms with Gasteiger partial charge in [0.05, 0.1) is 25.5 Å². The molecule has 10 nitrogen and oxygen atoms in total. The minimum absolute atomic E-state index is 0.00700. The Morgan fingerprint density at radius 2 is 1.51 bits per heavy atom. The summed E-state index contributed by atoms with van der Waals surface area (Å²) in [7, 11) is 3.19. The van der Waals surface area contributed by atoms with Gasteiger partial charge in [0.2, 0.25) is 0 Å². The Morgan fingerprint density at radius 1 is 0.898 bits per heavy atom. The molecule has 49 heavy (non-hydrogen) atoms. The predicted octanol–water partition coefficient (Wildman–Crippen LogP) is 6.83. The van der Waals surface area contributed by atoms with E-state index in [1.54, 1.807) is 32.1 Å². The first-order chi connectivity index (χ1) is 23.5. The van der Waals surface area contributed by atoms with E-state index in [0.717, 1.165) is 17.2 Å². The maximum absolute atomic E-state index is 16.4. The van der Waals surface area contributed by atoms with Crippen LogP contribution in [0.2, 0.25) is 0 Å². The molecule has 0 radical (unpaired) electrons. The standard InChI is InChI=1S/C36H35F3N6O4/c1-21-15-29(40-30(16-21)44(19-23-5-9-25(48-3)10-6-23)20-24-7-11-26(49-4)12-8-24)31-28(37)17-27-33(32(31)38)41-35(39)42-34(27)45-14-13-43(36(46)47)18-22(45)2/h5-12,15-17,22H,13-14,18-20H2,1-4H3,(H,46,47). The Hall–Kier alpha value is -5.59. The number of fused-ring (bicyclic) bond motifs is 1. The number of methoxy groups -OCH3 is 2. The minimum atomic E-state index is -1.19. The highest BCUT2D eigenvalue weighted by Gasteiger charge is 2.31. The molecule has 1 amide bonds. The van der Waals surface area contributed by atoms with Gasteiger partial charge in [-0.05, 0) is 73.0 Å². The fourth-order valence-electron chi connectivity index (χ4n) is 6.11. The van der Waals surface area contributed by atoms with E-state index in [-0.39, 0.29) is 36.5 Å². The van der Waals surface area contributed by atoms with Crippen LogP contribution in [0.5, 0.6) is 11.5 Å². The zero-order chi connectivity index (χ0) is 34.8. The highest BCUT2D eigenvalue weighted by atomic mass is 19.1. The van der Waals surface area contributed by atoms with E-state index in [2.05, 4.69) is 9.97 Å². The van der Waals surface area contributed by atoms with Crippen LogP contribution < -0.4 is 19.3 Å². The quantitative estimate of drug-likeness (QED) is 0.169. The van der Waals surface area contributed by atoms with Crippen molar-refractivity contribution in [1.29, 1.82) is 0 Å². The molecule has 1 unspecified atom stereocenters. The van der Waals surface area contributed by atoms with Crippen LogP contribution in [-0.4, -0.2) is 70.9 Å². The summed E-state index contributed by atoms with van der Waals surface area (Å²) in [6.45, 7) is 4.78. The number of pyridine rings is 1. The molecular formula is C36H35F3N6O4. The number of anilines is 2. The number of nitrogens with zero attached hydrogens (tertiary/aromatic N) is 6. The van der Waals surface area contributed by atoms with Gasteiger partial charge in [0, 0.05) is 44.2 Å². The van der Waals surface area contributed by atoms with E-state index in [1.807, 2.05) is 66.4 Å². The van der Waals surface area contributed by atoms with Crippen molar-refractivity contribution in [2.75, 3.05) is 43.7 Å². The van der Waals surface area contributed by atoms with Crippen LogP contribution in [0.15, 0.2) is 66.7 Å². The molecule has 0 bridgehead atoms. The van der Waals surface area contributed by atoms with Crippen molar-refractivity contribution in [3.05, 3.63) is 101 Å². The number of piperazine rings is 1. The first kappa shape index (κ1) is 33.3. The molecule has 1 N–H and O–H groups in total. The van der Waals surface area contributed by atoms with Crippen LogP contribution in [0.1, 0.15) is 23.6 Å². The van der Waals surface area contributed by atoms with Crippen molar-refractivity contribution in [1.82, 2.24) is 19.9 Å². The van der Waals surface area contributed by atoms with Crippen molar-refractivity contribution >= 4 is 28.6 Å². The number of aromatic nitrogens is 3. The number of carboxylic acid groups (broad SMARTS) is 1. The highest BCUT2D eigenvalue weighted by molar-refractivity contribution is 5.93. The molecule has 254 valence electrons. The molecule has 0 aliphatic carbocycles. The van der Waals surface area contributed by atoms with E-state index in [4.69, 9.17) is 14.5 Å². The van der Waals surface area contributed by atoms with Crippen molar-refractivity contribution in [3.63, 3.8) is 0 Å². The van der Waals surface area contributed by atoms with E-state index < -0.39 is 40.9 Å². The molecule has 0 spiro atoms. The van der Waals surface area contributed by atoms with Gasteiger partial charge in [-0.1, -0.05) is 24.3 Å². The molecule has 6 rings (SSSR count). The highest BCUT2D eigenvalue weighted by Crippen LogP contribution is 2.36. The van der Waals surface area contributed by atoms with E-state index in [0.29, 0.717) is 36.0 Å². The number of hydrogen-bond donors (Lipinski definition) is 1. The van der Waals surface area contributed by atoms with Gasteiger partial charge in [-0.2, -0.15) is 14.4 Å². The third-order valence-electron chi connectivity index (χ3n) is 8.61. The van der Waals surface area contributed by atoms with Gasteiger partial charge in [0.15, 0.2) is 5.82 Å². The molecule has 2 aromatic heterocycles. The van der Waals surface area contributed by atoms with Crippen molar-refractivity contribution in [2.45, 2.75) is 33.0 Å². The zero-order valence-corrected chi connectivity index (χ0v) is 27.5. The average molecular weight is 673 g/mol. The Kier molecular flexibility index (Phi) is 9.43. The third-order valence-corrected chi connectivity index (χ3v) is 8.61. The van der Waals surface area contributed by atoms with E-state index >= 15 is 8.78 Å². The van der Waals surface area contributed by atoms with Crippen LogP contribution in [0.3, 0.4) is 0 Å². The zero-order valence-electron chi connectivity index (χ0n) is 27.5. The second-order valence-electron chi connectivity index (χ2n) is 12.0. The molecule has 0 saturated carbocycles. The van der Waals surface area contributed by atoms with Gasteiger partial charge in [0.1, 0.15) is 34.5 Å². The summed E-state index contributed by atoms with van der Waals surface area (Å²) in [6.07, 6.45) is -2.27. The molecule has 3 heterocycles. The van der Waals surface area contributed by atoms with Crippen LogP contribution in [0, 0.1) is 24.6 Å². The molecule has 3 aromatic carbocycles. The summed E-state index contributed by atoms with van der Waals surface area (Å²) in [6, 6.07) is 19.3. The first-order valence-corrected chi connectivity index (χ1v) is 15.6. The number of carbonyl (C=O) groups is 1. The number of halogens is 3. The smallest absolute Gasteiger partial charge is 0.407 e. The lowest BCUT2D eigenvalue weighted by atomic mass is 10.0. The lowest BCUT2D eigenvalue weighted by molar-refractivity contribution is 0.136. The number of rotatable bonds is 9. The second-order valence-corrected chi connectivity index (χ2v) is 12.0. The second kappa shape index (κ2) is 13.9. The summed E-state index contributed by atoms with van der Waals surface area (Å²) in [5.41, 5.74) is 1.79. The van der Waals surface area contributed by atoms with Gasteiger partial charge < -0.3 is 29.3 Å². The van der Waals surface area contributed by atoms with Crippen LogP contribution in [0.4, 0.5) is 29.6 Å². The number of amides is 1. The number of aryl methyl sites for hydroxylation is 1.